The number of nitrogens with zero attached hydrogens (tertiary/aromatic N) is 2. The summed E-state index contributed by atoms with van der Waals surface area (Å²) in [6, 6.07) is 7.52. The van der Waals surface area contributed by atoms with Gasteiger partial charge < -0.3 is 19.9 Å². The molecule has 5 nitrogen and oxygen atoms in total. The Labute approximate surface area is 112 Å². The molecule has 0 saturated carbocycles. The largest absolute Gasteiger partial charge is 0.480 e. The van der Waals surface area contributed by atoms with Crippen LogP contribution in [0.4, 0.5) is 5.69 Å². The van der Waals surface area contributed by atoms with Crippen molar-refractivity contribution in [3.63, 3.8) is 0 Å². The van der Waals surface area contributed by atoms with E-state index in [1.807, 2.05) is 37.3 Å². The van der Waals surface area contributed by atoms with Crippen molar-refractivity contribution in [2.45, 2.75) is 6.04 Å². The average Bonchev–Trinajstić information content (AvgIpc) is 2.73. The summed E-state index contributed by atoms with van der Waals surface area (Å²) >= 11 is 0. The summed E-state index contributed by atoms with van der Waals surface area (Å²) in [5.41, 5.74) is 2.18. The maximum absolute atomic E-state index is 11.1. The Morgan fingerprint density at radius 1 is 1.47 bits per heavy atom. The van der Waals surface area contributed by atoms with Crippen LogP contribution in [0.15, 0.2) is 30.5 Å². The number of aryl methyl sites for hydroxylation is 1. The molecule has 0 fully saturated rings. The molecule has 5 heteroatoms. The number of hydrogen-bond acceptors (Lipinski definition) is 3. The van der Waals surface area contributed by atoms with Crippen LogP contribution in [-0.4, -0.2) is 42.3 Å². The fourth-order valence-electron chi connectivity index (χ4n) is 2.29. The van der Waals surface area contributed by atoms with E-state index in [4.69, 9.17) is 5.11 Å². The maximum atomic E-state index is 11.1. The SMILES string of the molecule is CNC(CN(C)c1cn(C)c2ccccc12)C(=O)O. The molecule has 1 unspecified atom stereocenters. The highest BCUT2D eigenvalue weighted by Gasteiger charge is 2.19. The summed E-state index contributed by atoms with van der Waals surface area (Å²) in [6.07, 6.45) is 2.03. The van der Waals surface area contributed by atoms with Crippen molar-refractivity contribution in [2.75, 3.05) is 25.5 Å². The molecule has 0 amide bonds. The number of para-hydroxylation sites is 1. The molecular formula is C14H19N3O2. The summed E-state index contributed by atoms with van der Waals surface area (Å²) in [4.78, 5) is 13.0. The number of carboxylic acid groups (broad SMARTS) is 1. The first-order chi connectivity index (χ1) is 9.04. The number of benzene rings is 1. The minimum Gasteiger partial charge on any atom is -0.480 e. The number of likely N-dealkylation sites (N-methyl/N-ethyl adjacent to an activating group) is 2. The third-order valence-corrected chi connectivity index (χ3v) is 3.39. The van der Waals surface area contributed by atoms with Crippen LogP contribution in [0, 0.1) is 0 Å². The van der Waals surface area contributed by atoms with E-state index in [0.717, 1.165) is 16.6 Å². The average molecular weight is 261 g/mol. The first kappa shape index (κ1) is 13.4. The van der Waals surface area contributed by atoms with Crippen LogP contribution < -0.4 is 10.2 Å². The van der Waals surface area contributed by atoms with Crippen molar-refractivity contribution in [1.29, 1.82) is 0 Å². The first-order valence-electron chi connectivity index (χ1n) is 6.20. The number of fused-ring (bicyclic) bond motifs is 1. The molecule has 1 heterocycles. The minimum absolute atomic E-state index is 0.417. The standard InChI is InChI=1S/C14H19N3O2/c1-15-11(14(18)19)8-16(2)13-9-17(3)12-7-5-4-6-10(12)13/h4-7,9,11,15H,8H2,1-3H3,(H,18,19). The van der Waals surface area contributed by atoms with Gasteiger partial charge in [0.15, 0.2) is 0 Å². The zero-order chi connectivity index (χ0) is 14.0. The number of aromatic nitrogens is 1. The highest BCUT2D eigenvalue weighted by Crippen LogP contribution is 2.27. The number of carboxylic acids is 1. The van der Waals surface area contributed by atoms with E-state index < -0.39 is 12.0 Å². The first-order valence-corrected chi connectivity index (χ1v) is 6.20. The van der Waals surface area contributed by atoms with Crippen LogP contribution in [0.1, 0.15) is 0 Å². The Morgan fingerprint density at radius 3 is 2.79 bits per heavy atom. The van der Waals surface area contributed by atoms with E-state index >= 15 is 0 Å². The van der Waals surface area contributed by atoms with Gasteiger partial charge in [-0.25, -0.2) is 0 Å². The van der Waals surface area contributed by atoms with E-state index in [-0.39, 0.29) is 0 Å². The van der Waals surface area contributed by atoms with E-state index in [9.17, 15) is 4.79 Å². The van der Waals surface area contributed by atoms with Gasteiger partial charge in [-0.3, -0.25) is 4.79 Å². The number of carbonyl (C=O) groups is 1. The van der Waals surface area contributed by atoms with Gasteiger partial charge in [0.2, 0.25) is 0 Å². The third kappa shape index (κ3) is 2.56. The van der Waals surface area contributed by atoms with Gasteiger partial charge >= 0.3 is 5.97 Å². The zero-order valence-corrected chi connectivity index (χ0v) is 11.4. The topological polar surface area (TPSA) is 57.5 Å². The van der Waals surface area contributed by atoms with Gasteiger partial charge in [-0.15, -0.1) is 0 Å². The molecule has 2 rings (SSSR count). The summed E-state index contributed by atoms with van der Waals surface area (Å²) in [5, 5.41) is 13.0. The lowest BCUT2D eigenvalue weighted by molar-refractivity contribution is -0.139. The second-order valence-electron chi connectivity index (χ2n) is 4.70. The van der Waals surface area contributed by atoms with Crippen LogP contribution in [0.2, 0.25) is 0 Å². The van der Waals surface area contributed by atoms with Gasteiger partial charge in [-0.2, -0.15) is 0 Å². The molecule has 0 aliphatic rings. The van der Waals surface area contributed by atoms with Gasteiger partial charge in [0.05, 0.1) is 5.69 Å². The third-order valence-electron chi connectivity index (χ3n) is 3.39. The van der Waals surface area contributed by atoms with Gasteiger partial charge in [0.25, 0.3) is 0 Å². The fourth-order valence-corrected chi connectivity index (χ4v) is 2.29. The zero-order valence-electron chi connectivity index (χ0n) is 11.4. The summed E-state index contributed by atoms with van der Waals surface area (Å²) in [6.45, 7) is 0.417. The molecule has 1 aromatic heterocycles. The van der Waals surface area contributed by atoms with Gasteiger partial charge in [0.1, 0.15) is 6.04 Å². The van der Waals surface area contributed by atoms with Crippen molar-refractivity contribution in [1.82, 2.24) is 9.88 Å². The maximum Gasteiger partial charge on any atom is 0.322 e. The van der Waals surface area contributed by atoms with Crippen LogP contribution in [0.3, 0.4) is 0 Å². The Bertz CT molecular complexity index is 591. The highest BCUT2D eigenvalue weighted by atomic mass is 16.4. The molecule has 0 radical (unpaired) electrons. The van der Waals surface area contributed by atoms with Crippen LogP contribution >= 0.6 is 0 Å². The monoisotopic (exact) mass is 261 g/mol. The second kappa shape index (κ2) is 5.32. The van der Waals surface area contributed by atoms with E-state index in [1.165, 1.54) is 0 Å². The molecule has 1 aromatic carbocycles. The number of nitrogens with one attached hydrogen (secondary N) is 1. The molecule has 102 valence electrons. The van der Waals surface area contributed by atoms with Crippen molar-refractivity contribution in [2.24, 2.45) is 7.05 Å². The van der Waals surface area contributed by atoms with E-state index in [2.05, 4.69) is 22.0 Å². The van der Waals surface area contributed by atoms with Gasteiger partial charge in [-0.05, 0) is 13.1 Å². The molecule has 0 saturated heterocycles. The second-order valence-corrected chi connectivity index (χ2v) is 4.70. The van der Waals surface area contributed by atoms with Crippen LogP contribution in [0.25, 0.3) is 10.9 Å². The Morgan fingerprint density at radius 2 is 2.16 bits per heavy atom. The van der Waals surface area contributed by atoms with Crippen molar-refractivity contribution in [3.8, 4) is 0 Å². The summed E-state index contributed by atoms with van der Waals surface area (Å²) in [5.74, 6) is -0.838. The Balaban J connectivity index is 2.31. The molecule has 1 atom stereocenters. The van der Waals surface area contributed by atoms with Crippen LogP contribution in [0.5, 0.6) is 0 Å². The molecule has 0 aliphatic carbocycles. The number of aliphatic carboxylic acids is 1. The molecule has 0 spiro atoms. The number of rotatable bonds is 5. The van der Waals surface area contributed by atoms with Crippen molar-refractivity contribution in [3.05, 3.63) is 30.5 Å². The van der Waals surface area contributed by atoms with Gasteiger partial charge in [0, 0.05) is 37.7 Å². The lowest BCUT2D eigenvalue weighted by atomic mass is 10.2. The Hall–Kier alpha value is -2.01. The quantitative estimate of drug-likeness (QED) is 0.851. The smallest absolute Gasteiger partial charge is 0.322 e. The normalized spacial score (nSPS) is 12.6. The van der Waals surface area contributed by atoms with Crippen LogP contribution in [-0.2, 0) is 11.8 Å². The van der Waals surface area contributed by atoms with Crippen molar-refractivity contribution < 1.29 is 9.90 Å². The molecule has 2 aromatic rings. The predicted molar refractivity (Wildman–Crippen MR) is 76.7 cm³/mol. The predicted octanol–water partition coefficient (Wildman–Crippen LogP) is 1.29. The van der Waals surface area contributed by atoms with Crippen molar-refractivity contribution >= 4 is 22.6 Å². The summed E-state index contributed by atoms with van der Waals surface area (Å²) in [7, 11) is 5.57. The minimum atomic E-state index is -0.838. The molecule has 0 aliphatic heterocycles. The molecule has 19 heavy (non-hydrogen) atoms. The molecular weight excluding hydrogens is 242 g/mol. The van der Waals surface area contributed by atoms with Gasteiger partial charge in [-0.1, -0.05) is 18.2 Å². The number of anilines is 1. The van der Waals surface area contributed by atoms with E-state index in [0.29, 0.717) is 6.54 Å². The molecule has 0 bridgehead atoms. The van der Waals surface area contributed by atoms with E-state index in [1.54, 1.807) is 7.05 Å². The molecule has 2 N–H and O–H groups in total. The Kier molecular flexibility index (Phi) is 3.76. The highest BCUT2D eigenvalue weighted by molar-refractivity contribution is 5.93. The summed E-state index contributed by atoms with van der Waals surface area (Å²) < 4.78 is 2.05. The lowest BCUT2D eigenvalue weighted by Gasteiger charge is -2.22. The lowest BCUT2D eigenvalue weighted by Crippen LogP contribution is -2.43. The fraction of sp³-hybridized carbons (Fsp3) is 0.357. The number of hydrogen-bond donors (Lipinski definition) is 2.